The third kappa shape index (κ3) is 4.32. The first kappa shape index (κ1) is 13.9. The minimum atomic E-state index is 0. The van der Waals surface area contributed by atoms with Crippen molar-refractivity contribution in [3.05, 3.63) is 60.7 Å². The van der Waals surface area contributed by atoms with Crippen LogP contribution in [0, 0.1) is 0 Å². The van der Waals surface area contributed by atoms with Gasteiger partial charge in [0.15, 0.2) is 0 Å². The van der Waals surface area contributed by atoms with Gasteiger partial charge in [-0.15, -0.1) is 12.4 Å². The number of rotatable bonds is 5. The number of allylic oxidation sites excluding steroid dienone is 1. The van der Waals surface area contributed by atoms with E-state index < -0.39 is 0 Å². The van der Waals surface area contributed by atoms with Gasteiger partial charge in [-0.05, 0) is 19.0 Å². The molecule has 0 aliphatic carbocycles. The van der Waals surface area contributed by atoms with E-state index >= 15 is 0 Å². The second kappa shape index (κ2) is 7.27. The van der Waals surface area contributed by atoms with Crippen LogP contribution in [0.2, 0.25) is 0 Å². The molecule has 0 aliphatic rings. The lowest BCUT2D eigenvalue weighted by molar-refractivity contribution is 0.595. The van der Waals surface area contributed by atoms with E-state index in [0.717, 1.165) is 12.0 Å². The van der Waals surface area contributed by atoms with E-state index in [0.29, 0.717) is 6.04 Å². The predicted molar refractivity (Wildman–Crippen MR) is 69.4 cm³/mol. The van der Waals surface area contributed by atoms with Gasteiger partial charge in [0.2, 0.25) is 0 Å². The molecule has 15 heavy (non-hydrogen) atoms. The number of halogens is 1. The van der Waals surface area contributed by atoms with Crippen molar-refractivity contribution in [3.63, 3.8) is 0 Å². The molecule has 1 aromatic carbocycles. The summed E-state index contributed by atoms with van der Waals surface area (Å²) in [6, 6.07) is 10.7. The maximum absolute atomic E-state index is 3.93. The zero-order chi connectivity index (χ0) is 10.4. The van der Waals surface area contributed by atoms with Crippen LogP contribution in [0.15, 0.2) is 55.1 Å². The second-order valence-corrected chi connectivity index (χ2v) is 3.32. The average Bonchev–Trinajstić information content (AvgIpc) is 2.26. The third-order valence-corrected chi connectivity index (χ3v) is 2.31. The van der Waals surface area contributed by atoms with Crippen LogP contribution in [-0.2, 0) is 0 Å². The van der Waals surface area contributed by atoms with Crippen LogP contribution in [0.3, 0.4) is 0 Å². The Hall–Kier alpha value is -1.05. The molecule has 0 saturated heterocycles. The van der Waals surface area contributed by atoms with Crippen LogP contribution in [0.5, 0.6) is 0 Å². The lowest BCUT2D eigenvalue weighted by Gasteiger charge is -2.16. The summed E-state index contributed by atoms with van der Waals surface area (Å²) in [5.74, 6) is 0. The molecule has 82 valence electrons. The van der Waals surface area contributed by atoms with Crippen LogP contribution in [0.1, 0.15) is 18.0 Å². The molecule has 0 aliphatic heterocycles. The van der Waals surface area contributed by atoms with Crippen LogP contribution < -0.4 is 5.32 Å². The van der Waals surface area contributed by atoms with Crippen molar-refractivity contribution in [1.82, 2.24) is 5.32 Å². The van der Waals surface area contributed by atoms with Crippen LogP contribution in [0.4, 0.5) is 0 Å². The Morgan fingerprint density at radius 3 is 2.47 bits per heavy atom. The number of hydrogen-bond donors (Lipinski definition) is 1. The van der Waals surface area contributed by atoms with Gasteiger partial charge in [0.05, 0.1) is 0 Å². The highest BCUT2D eigenvalue weighted by atomic mass is 35.5. The van der Waals surface area contributed by atoms with Gasteiger partial charge in [-0.25, -0.2) is 0 Å². The van der Waals surface area contributed by atoms with Crippen molar-refractivity contribution in [2.75, 3.05) is 7.05 Å². The van der Waals surface area contributed by atoms with E-state index in [1.54, 1.807) is 0 Å². The van der Waals surface area contributed by atoms with Gasteiger partial charge in [0.1, 0.15) is 0 Å². The van der Waals surface area contributed by atoms with E-state index in [-0.39, 0.29) is 12.4 Å². The summed E-state index contributed by atoms with van der Waals surface area (Å²) in [4.78, 5) is 0. The Labute approximate surface area is 98.3 Å². The Morgan fingerprint density at radius 1 is 1.40 bits per heavy atom. The molecule has 0 radical (unpaired) electrons. The molecule has 0 fully saturated rings. The highest BCUT2D eigenvalue weighted by Gasteiger charge is 2.08. The van der Waals surface area contributed by atoms with E-state index in [9.17, 15) is 0 Å². The lowest BCUT2D eigenvalue weighted by atomic mass is 10.00. The molecule has 1 aromatic rings. The Morgan fingerprint density at radius 2 is 2.00 bits per heavy atom. The molecule has 0 saturated carbocycles. The SMILES string of the molecule is C=CC(=C)CC(NC)c1ccccc1.Cl. The third-order valence-electron chi connectivity index (χ3n) is 2.31. The standard InChI is InChI=1S/C13H17N.ClH/c1-4-11(2)10-13(14-3)12-8-6-5-7-9-12;/h4-9,13-14H,1-2,10H2,3H3;1H. The van der Waals surface area contributed by atoms with Crippen molar-refractivity contribution in [2.24, 2.45) is 0 Å². The lowest BCUT2D eigenvalue weighted by Crippen LogP contribution is -2.16. The number of benzene rings is 1. The summed E-state index contributed by atoms with van der Waals surface area (Å²) in [7, 11) is 1.97. The number of nitrogens with one attached hydrogen (secondary N) is 1. The summed E-state index contributed by atoms with van der Waals surface area (Å²) in [5.41, 5.74) is 2.35. The Bertz CT molecular complexity index is 306. The number of hydrogen-bond acceptors (Lipinski definition) is 1. The van der Waals surface area contributed by atoms with Gasteiger partial charge in [-0.3, -0.25) is 0 Å². The summed E-state index contributed by atoms with van der Waals surface area (Å²) >= 11 is 0. The zero-order valence-corrected chi connectivity index (χ0v) is 9.89. The van der Waals surface area contributed by atoms with E-state index in [1.165, 1.54) is 5.56 Å². The van der Waals surface area contributed by atoms with Crippen molar-refractivity contribution in [2.45, 2.75) is 12.5 Å². The molecule has 2 heteroatoms. The quantitative estimate of drug-likeness (QED) is 0.754. The molecule has 0 heterocycles. The van der Waals surface area contributed by atoms with Gasteiger partial charge in [-0.2, -0.15) is 0 Å². The van der Waals surface area contributed by atoms with Crippen molar-refractivity contribution in [3.8, 4) is 0 Å². The molecule has 1 atom stereocenters. The van der Waals surface area contributed by atoms with E-state index in [1.807, 2.05) is 19.2 Å². The summed E-state index contributed by atoms with van der Waals surface area (Å²) in [6.45, 7) is 7.64. The van der Waals surface area contributed by atoms with Gasteiger partial charge in [-0.1, -0.05) is 55.1 Å². The largest absolute Gasteiger partial charge is 0.313 e. The highest BCUT2D eigenvalue weighted by Crippen LogP contribution is 2.19. The van der Waals surface area contributed by atoms with Crippen molar-refractivity contribution >= 4 is 12.4 Å². The van der Waals surface area contributed by atoms with Crippen molar-refractivity contribution < 1.29 is 0 Å². The molecule has 1 unspecified atom stereocenters. The highest BCUT2D eigenvalue weighted by molar-refractivity contribution is 5.85. The van der Waals surface area contributed by atoms with Gasteiger partial charge in [0.25, 0.3) is 0 Å². The topological polar surface area (TPSA) is 12.0 Å². The summed E-state index contributed by atoms with van der Waals surface area (Å²) < 4.78 is 0. The molecule has 1 rings (SSSR count). The van der Waals surface area contributed by atoms with Crippen LogP contribution in [-0.4, -0.2) is 7.05 Å². The molecule has 0 amide bonds. The smallest absolute Gasteiger partial charge is 0.0358 e. The molecule has 0 bridgehead atoms. The molecule has 1 N–H and O–H groups in total. The fraction of sp³-hybridized carbons (Fsp3) is 0.231. The first-order valence-electron chi connectivity index (χ1n) is 4.80. The van der Waals surface area contributed by atoms with Gasteiger partial charge >= 0.3 is 0 Å². The second-order valence-electron chi connectivity index (χ2n) is 3.32. The summed E-state index contributed by atoms with van der Waals surface area (Å²) in [6.07, 6.45) is 2.72. The van der Waals surface area contributed by atoms with Crippen LogP contribution >= 0.6 is 12.4 Å². The van der Waals surface area contributed by atoms with Crippen molar-refractivity contribution in [1.29, 1.82) is 0 Å². The normalized spacial score (nSPS) is 11.3. The monoisotopic (exact) mass is 223 g/mol. The average molecular weight is 224 g/mol. The summed E-state index contributed by atoms with van der Waals surface area (Å²) in [5, 5.41) is 3.27. The fourth-order valence-corrected chi connectivity index (χ4v) is 1.42. The minimum Gasteiger partial charge on any atom is -0.313 e. The minimum absolute atomic E-state index is 0. The molecule has 0 spiro atoms. The molecule has 0 aromatic heterocycles. The first-order chi connectivity index (χ1) is 6.77. The van der Waals surface area contributed by atoms with Crippen LogP contribution in [0.25, 0.3) is 0 Å². The fourth-order valence-electron chi connectivity index (χ4n) is 1.42. The molecular weight excluding hydrogens is 206 g/mol. The predicted octanol–water partition coefficient (Wildman–Crippen LogP) is 3.50. The maximum Gasteiger partial charge on any atom is 0.0358 e. The maximum atomic E-state index is 3.93. The first-order valence-corrected chi connectivity index (χ1v) is 4.80. The van der Waals surface area contributed by atoms with E-state index in [4.69, 9.17) is 0 Å². The zero-order valence-electron chi connectivity index (χ0n) is 9.07. The van der Waals surface area contributed by atoms with Gasteiger partial charge in [0, 0.05) is 6.04 Å². The molecular formula is C13H18ClN. The molecule has 1 nitrogen and oxygen atoms in total. The Balaban J connectivity index is 0.00000196. The van der Waals surface area contributed by atoms with Gasteiger partial charge < -0.3 is 5.32 Å². The van der Waals surface area contributed by atoms with E-state index in [2.05, 4.69) is 42.7 Å². The Kier molecular flexibility index (Phi) is 6.76.